The fraction of sp³-hybridized carbons (Fsp3) is 0.231. The fourth-order valence-corrected chi connectivity index (χ4v) is 2.90. The van der Waals surface area contributed by atoms with Gasteiger partial charge in [0.1, 0.15) is 0 Å². The third-order valence-corrected chi connectivity index (χ3v) is 4.60. The number of aliphatic hydroxyl groups is 1. The van der Waals surface area contributed by atoms with Crippen molar-refractivity contribution in [2.75, 3.05) is 0 Å². The predicted octanol–water partition coefficient (Wildman–Crippen LogP) is 4.51. The molecule has 1 atom stereocenters. The van der Waals surface area contributed by atoms with Gasteiger partial charge in [-0.2, -0.15) is 0 Å². The summed E-state index contributed by atoms with van der Waals surface area (Å²) in [5.74, 6) is 0. The number of hydrogen-bond acceptors (Lipinski definition) is 2. The van der Waals surface area contributed by atoms with Gasteiger partial charge < -0.3 is 5.11 Å². The Kier molecular flexibility index (Phi) is 3.79. The maximum Gasteiger partial charge on any atom is 0.1000 e. The van der Waals surface area contributed by atoms with Crippen molar-refractivity contribution >= 4 is 34.5 Å². The predicted molar refractivity (Wildman–Crippen MR) is 74.1 cm³/mol. The first kappa shape index (κ1) is 12.9. The van der Waals surface area contributed by atoms with Crippen LogP contribution in [-0.4, -0.2) is 5.11 Å². The van der Waals surface area contributed by atoms with Gasteiger partial charge in [-0.3, -0.25) is 0 Å². The van der Waals surface area contributed by atoms with Crippen LogP contribution in [0.3, 0.4) is 0 Å². The average molecular weight is 287 g/mol. The van der Waals surface area contributed by atoms with Gasteiger partial charge in [0.15, 0.2) is 0 Å². The summed E-state index contributed by atoms with van der Waals surface area (Å²) in [5, 5.41) is 13.4. The number of benzene rings is 1. The minimum absolute atomic E-state index is 0.451. The Balaban J connectivity index is 2.29. The maximum atomic E-state index is 10.5. The zero-order valence-electron chi connectivity index (χ0n) is 9.28. The van der Waals surface area contributed by atoms with Gasteiger partial charge in [0.2, 0.25) is 0 Å². The van der Waals surface area contributed by atoms with Gasteiger partial charge in [0.05, 0.1) is 15.6 Å². The third-order valence-electron chi connectivity index (χ3n) is 2.62. The molecule has 0 aliphatic carbocycles. The lowest BCUT2D eigenvalue weighted by atomic mass is 9.95. The molecule has 1 aromatic carbocycles. The molecule has 2 rings (SSSR count). The van der Waals surface area contributed by atoms with E-state index in [1.54, 1.807) is 13.0 Å². The largest absolute Gasteiger partial charge is 0.384 e. The summed E-state index contributed by atoms with van der Waals surface area (Å²) in [4.78, 5) is 0.925. The molecule has 90 valence electrons. The van der Waals surface area contributed by atoms with Crippen LogP contribution in [0.4, 0.5) is 0 Å². The summed E-state index contributed by atoms with van der Waals surface area (Å²) in [6.45, 7) is 1.79. The van der Waals surface area contributed by atoms with Crippen LogP contribution in [0.5, 0.6) is 0 Å². The Morgan fingerprint density at radius 3 is 2.65 bits per heavy atom. The first-order chi connectivity index (χ1) is 8.00. The smallest absolute Gasteiger partial charge is 0.1000 e. The Hall–Kier alpha value is -0.540. The normalized spacial score (nSPS) is 14.6. The van der Waals surface area contributed by atoms with Crippen LogP contribution in [0.15, 0.2) is 35.7 Å². The van der Waals surface area contributed by atoms with Crippen LogP contribution in [0.25, 0.3) is 0 Å². The highest BCUT2D eigenvalue weighted by Gasteiger charge is 2.25. The van der Waals surface area contributed by atoms with Gasteiger partial charge in [-0.25, -0.2) is 0 Å². The van der Waals surface area contributed by atoms with E-state index in [9.17, 15) is 5.11 Å². The van der Waals surface area contributed by atoms with Gasteiger partial charge in [-0.1, -0.05) is 41.4 Å². The zero-order valence-corrected chi connectivity index (χ0v) is 11.6. The van der Waals surface area contributed by atoms with Gasteiger partial charge in [-0.05, 0) is 30.0 Å². The number of hydrogen-bond donors (Lipinski definition) is 1. The minimum atomic E-state index is -0.914. The molecule has 0 amide bonds. The topological polar surface area (TPSA) is 20.2 Å². The second-order valence-corrected chi connectivity index (χ2v) is 5.87. The number of halogens is 2. The molecule has 17 heavy (non-hydrogen) atoms. The summed E-state index contributed by atoms with van der Waals surface area (Å²) >= 11 is 13.6. The van der Waals surface area contributed by atoms with Crippen molar-refractivity contribution in [2.24, 2.45) is 0 Å². The molecule has 1 nitrogen and oxygen atoms in total. The van der Waals surface area contributed by atoms with E-state index >= 15 is 0 Å². The highest BCUT2D eigenvalue weighted by atomic mass is 35.5. The summed E-state index contributed by atoms with van der Waals surface area (Å²) in [5.41, 5.74) is -0.0553. The summed E-state index contributed by atoms with van der Waals surface area (Å²) in [6, 6.07) is 9.31. The molecule has 0 radical (unpaired) electrons. The van der Waals surface area contributed by atoms with Crippen molar-refractivity contribution in [3.8, 4) is 0 Å². The van der Waals surface area contributed by atoms with Gasteiger partial charge >= 0.3 is 0 Å². The third kappa shape index (κ3) is 2.83. The van der Waals surface area contributed by atoms with Crippen LogP contribution in [0, 0.1) is 0 Å². The van der Waals surface area contributed by atoms with Crippen molar-refractivity contribution in [1.29, 1.82) is 0 Å². The van der Waals surface area contributed by atoms with E-state index in [0.29, 0.717) is 16.5 Å². The maximum absolute atomic E-state index is 10.5. The molecule has 0 fully saturated rings. The van der Waals surface area contributed by atoms with Crippen LogP contribution >= 0.6 is 34.5 Å². The van der Waals surface area contributed by atoms with Gasteiger partial charge in [0, 0.05) is 11.3 Å². The zero-order chi connectivity index (χ0) is 12.5. The van der Waals surface area contributed by atoms with E-state index in [1.807, 2.05) is 29.6 Å². The molecule has 1 heterocycles. The molecule has 1 N–H and O–H groups in total. The highest BCUT2D eigenvalue weighted by Crippen LogP contribution is 2.33. The van der Waals surface area contributed by atoms with Gasteiger partial charge in [0.25, 0.3) is 0 Å². The molecule has 2 aromatic rings. The standard InChI is InChI=1S/C13H12Cl2OS/c1-13(16,11-6-3-7-17-11)8-9-4-2-5-10(14)12(9)15/h2-7,16H,8H2,1H3. The minimum Gasteiger partial charge on any atom is -0.384 e. The quantitative estimate of drug-likeness (QED) is 0.881. The SMILES string of the molecule is CC(O)(Cc1cccc(Cl)c1Cl)c1cccs1. The van der Waals surface area contributed by atoms with E-state index in [-0.39, 0.29) is 0 Å². The Morgan fingerprint density at radius 2 is 2.00 bits per heavy atom. The summed E-state index contributed by atoms with van der Waals surface area (Å²) < 4.78 is 0. The Labute approximate surface area is 115 Å². The van der Waals surface area contributed by atoms with Crippen LogP contribution in [0.2, 0.25) is 10.0 Å². The van der Waals surface area contributed by atoms with Crippen LogP contribution in [-0.2, 0) is 12.0 Å². The Bertz CT molecular complexity index is 506. The molecule has 0 aliphatic rings. The van der Waals surface area contributed by atoms with E-state index in [0.717, 1.165) is 10.4 Å². The monoisotopic (exact) mass is 286 g/mol. The molecule has 1 aromatic heterocycles. The van der Waals surface area contributed by atoms with Crippen molar-refractivity contribution in [2.45, 2.75) is 18.9 Å². The molecular formula is C13H12Cl2OS. The highest BCUT2D eigenvalue weighted by molar-refractivity contribution is 7.10. The van der Waals surface area contributed by atoms with Crippen molar-refractivity contribution in [3.63, 3.8) is 0 Å². The second-order valence-electron chi connectivity index (χ2n) is 4.14. The van der Waals surface area contributed by atoms with Crippen LogP contribution in [0.1, 0.15) is 17.4 Å². The molecule has 0 bridgehead atoms. The van der Waals surface area contributed by atoms with Crippen LogP contribution < -0.4 is 0 Å². The van der Waals surface area contributed by atoms with Crippen molar-refractivity contribution in [1.82, 2.24) is 0 Å². The lowest BCUT2D eigenvalue weighted by molar-refractivity contribution is 0.0615. The number of thiophene rings is 1. The Morgan fingerprint density at radius 1 is 1.24 bits per heavy atom. The first-order valence-corrected chi connectivity index (χ1v) is 6.83. The lowest BCUT2D eigenvalue weighted by Crippen LogP contribution is -2.23. The van der Waals surface area contributed by atoms with E-state index in [1.165, 1.54) is 11.3 Å². The first-order valence-electron chi connectivity index (χ1n) is 5.20. The van der Waals surface area contributed by atoms with E-state index in [2.05, 4.69) is 0 Å². The molecular weight excluding hydrogens is 275 g/mol. The van der Waals surface area contributed by atoms with E-state index in [4.69, 9.17) is 23.2 Å². The molecule has 4 heteroatoms. The number of rotatable bonds is 3. The second kappa shape index (κ2) is 4.99. The molecule has 0 aliphatic heterocycles. The van der Waals surface area contributed by atoms with Crippen molar-refractivity contribution < 1.29 is 5.11 Å². The molecule has 0 saturated heterocycles. The lowest BCUT2D eigenvalue weighted by Gasteiger charge is -2.22. The fourth-order valence-electron chi connectivity index (χ4n) is 1.73. The summed E-state index contributed by atoms with van der Waals surface area (Å²) in [7, 11) is 0. The van der Waals surface area contributed by atoms with Gasteiger partial charge in [-0.15, -0.1) is 11.3 Å². The average Bonchev–Trinajstić information content (AvgIpc) is 2.78. The molecule has 0 spiro atoms. The van der Waals surface area contributed by atoms with Crippen molar-refractivity contribution in [3.05, 3.63) is 56.2 Å². The molecule has 1 unspecified atom stereocenters. The molecule has 0 saturated carbocycles. The summed E-state index contributed by atoms with van der Waals surface area (Å²) in [6.07, 6.45) is 0.451. The van der Waals surface area contributed by atoms with E-state index < -0.39 is 5.60 Å².